The molecule has 2 unspecified atom stereocenters. The minimum atomic E-state index is -1.85. The SMILES string of the molecule is CCCCCCCCCCCCOS(=O)Nc1cc(OC)c(NC(=O)C(C(=O)C(C)(C)C)N2C(=O)OC(C)(C)C2=O)c(OC)c1. The van der Waals surface area contributed by atoms with Crippen molar-refractivity contribution in [2.75, 3.05) is 30.9 Å². The Balaban J connectivity index is 2.07. The molecule has 2 atom stereocenters. The highest BCUT2D eigenvalue weighted by molar-refractivity contribution is 7.81. The molecule has 13 heteroatoms. The van der Waals surface area contributed by atoms with E-state index >= 15 is 0 Å². The number of nitrogens with one attached hydrogen (secondary N) is 2. The lowest BCUT2D eigenvalue weighted by molar-refractivity contribution is -0.145. The first kappa shape index (κ1) is 38.0. The molecule has 1 heterocycles. The number of ether oxygens (including phenoxy) is 3. The summed E-state index contributed by atoms with van der Waals surface area (Å²) in [6, 6.07) is 1.13. The predicted octanol–water partition coefficient (Wildman–Crippen LogP) is 6.31. The Labute approximate surface area is 270 Å². The normalized spacial score (nSPS) is 15.8. The van der Waals surface area contributed by atoms with Crippen molar-refractivity contribution in [2.45, 2.75) is 117 Å². The quantitative estimate of drug-likeness (QED) is 0.122. The fraction of sp³-hybridized carbons (Fsp3) is 0.688. The molecule has 1 aliphatic rings. The number of hydrogen-bond donors (Lipinski definition) is 2. The highest BCUT2D eigenvalue weighted by Gasteiger charge is 2.55. The Kier molecular flexibility index (Phi) is 14.8. The molecule has 2 rings (SSSR count). The fourth-order valence-electron chi connectivity index (χ4n) is 4.81. The average molecular weight is 654 g/mol. The van der Waals surface area contributed by atoms with Gasteiger partial charge in [0.05, 0.1) is 26.5 Å². The Hall–Kier alpha value is -3.19. The van der Waals surface area contributed by atoms with E-state index in [-0.39, 0.29) is 17.2 Å². The summed E-state index contributed by atoms with van der Waals surface area (Å²) < 4.78 is 36.8. The van der Waals surface area contributed by atoms with Crippen LogP contribution in [0.2, 0.25) is 0 Å². The van der Waals surface area contributed by atoms with Gasteiger partial charge in [-0.1, -0.05) is 85.5 Å². The number of rotatable bonds is 20. The molecule has 0 bridgehead atoms. The van der Waals surface area contributed by atoms with Crippen molar-refractivity contribution < 1.29 is 41.8 Å². The number of anilines is 2. The van der Waals surface area contributed by atoms with Gasteiger partial charge in [-0.3, -0.25) is 23.3 Å². The summed E-state index contributed by atoms with van der Waals surface area (Å²) in [5, 5.41) is 2.59. The number of methoxy groups -OCH3 is 2. The van der Waals surface area contributed by atoms with Crippen LogP contribution in [0.1, 0.15) is 106 Å². The third-order valence-corrected chi connectivity index (χ3v) is 8.19. The number of carbonyl (C=O) groups is 4. The highest BCUT2D eigenvalue weighted by atomic mass is 32.2. The van der Waals surface area contributed by atoms with Crippen LogP contribution in [0.15, 0.2) is 12.1 Å². The minimum absolute atomic E-state index is 0.0404. The van der Waals surface area contributed by atoms with E-state index in [1.807, 2.05) is 0 Å². The molecule has 45 heavy (non-hydrogen) atoms. The van der Waals surface area contributed by atoms with Gasteiger partial charge < -0.3 is 19.5 Å². The fourth-order valence-corrected chi connectivity index (χ4v) is 5.44. The molecule has 0 aromatic heterocycles. The van der Waals surface area contributed by atoms with Crippen LogP contribution in [-0.2, 0) is 34.6 Å². The molecule has 1 saturated heterocycles. The molecule has 1 fully saturated rings. The number of nitrogens with zero attached hydrogens (tertiary/aromatic N) is 1. The monoisotopic (exact) mass is 653 g/mol. The maximum absolute atomic E-state index is 13.6. The molecular formula is C32H51N3O9S. The summed E-state index contributed by atoms with van der Waals surface area (Å²) in [4.78, 5) is 53.3. The van der Waals surface area contributed by atoms with Crippen LogP contribution in [0.3, 0.4) is 0 Å². The molecule has 1 aliphatic heterocycles. The largest absolute Gasteiger partial charge is 0.494 e. The molecule has 12 nitrogen and oxygen atoms in total. The van der Waals surface area contributed by atoms with Gasteiger partial charge in [0.2, 0.25) is 0 Å². The van der Waals surface area contributed by atoms with Crippen molar-refractivity contribution in [3.8, 4) is 11.5 Å². The maximum Gasteiger partial charge on any atom is 0.418 e. The van der Waals surface area contributed by atoms with Gasteiger partial charge in [0.25, 0.3) is 23.1 Å². The van der Waals surface area contributed by atoms with Crippen molar-refractivity contribution in [2.24, 2.45) is 5.41 Å². The van der Waals surface area contributed by atoms with E-state index in [0.29, 0.717) is 17.2 Å². The van der Waals surface area contributed by atoms with Crippen LogP contribution >= 0.6 is 0 Å². The smallest absolute Gasteiger partial charge is 0.418 e. The summed E-state index contributed by atoms with van der Waals surface area (Å²) >= 11 is -1.85. The zero-order chi connectivity index (χ0) is 33.8. The summed E-state index contributed by atoms with van der Waals surface area (Å²) in [5.41, 5.74) is -2.26. The molecule has 0 saturated carbocycles. The van der Waals surface area contributed by atoms with Gasteiger partial charge in [-0.25, -0.2) is 13.9 Å². The highest BCUT2D eigenvalue weighted by Crippen LogP contribution is 2.39. The number of ketones is 1. The number of hydrogen-bond acceptors (Lipinski definition) is 9. The van der Waals surface area contributed by atoms with E-state index in [1.165, 1.54) is 85.1 Å². The zero-order valence-corrected chi connectivity index (χ0v) is 28.9. The Morgan fingerprint density at radius 1 is 0.933 bits per heavy atom. The van der Waals surface area contributed by atoms with Gasteiger partial charge in [-0.05, 0) is 20.3 Å². The molecule has 0 aliphatic carbocycles. The first-order valence-electron chi connectivity index (χ1n) is 15.7. The lowest BCUT2D eigenvalue weighted by atomic mass is 9.85. The standard InChI is InChI=1S/C32H51N3O9S/c1-9-10-11-12-13-14-15-16-17-18-19-43-45(40)34-22-20-23(41-7)25(24(21-22)42-8)33-28(37)26(27(36)31(2,3)4)35-29(38)32(5,6)44-30(35)39/h20-21,26,34H,9-19H2,1-8H3,(H,33,37). The summed E-state index contributed by atoms with van der Waals surface area (Å²) in [5.74, 6) is -2.24. The third-order valence-electron chi connectivity index (χ3n) is 7.41. The van der Waals surface area contributed by atoms with Crippen molar-refractivity contribution in [1.29, 1.82) is 0 Å². The minimum Gasteiger partial charge on any atom is -0.494 e. The average Bonchev–Trinajstić information content (AvgIpc) is 3.17. The molecule has 0 radical (unpaired) electrons. The van der Waals surface area contributed by atoms with Gasteiger partial charge >= 0.3 is 6.09 Å². The maximum atomic E-state index is 13.6. The van der Waals surface area contributed by atoms with E-state index in [4.69, 9.17) is 18.4 Å². The topological polar surface area (TPSA) is 150 Å². The summed E-state index contributed by atoms with van der Waals surface area (Å²) in [6.07, 6.45) is 10.7. The Bertz CT molecular complexity index is 1190. The van der Waals surface area contributed by atoms with Gasteiger partial charge in [0.15, 0.2) is 17.4 Å². The first-order valence-corrected chi connectivity index (χ1v) is 16.7. The van der Waals surface area contributed by atoms with E-state index in [9.17, 15) is 23.4 Å². The first-order chi connectivity index (χ1) is 21.2. The van der Waals surface area contributed by atoms with E-state index in [2.05, 4.69) is 17.0 Å². The number of benzene rings is 1. The second-order valence-electron chi connectivity index (χ2n) is 12.7. The lowest BCUT2D eigenvalue weighted by Gasteiger charge is -2.29. The van der Waals surface area contributed by atoms with Gasteiger partial charge in [0, 0.05) is 17.5 Å². The molecule has 3 amide bonds. The number of unbranched alkanes of at least 4 members (excludes halogenated alkanes) is 9. The van der Waals surface area contributed by atoms with Gasteiger partial charge in [0.1, 0.15) is 17.2 Å². The number of carbonyl (C=O) groups excluding carboxylic acids is 4. The molecule has 254 valence electrons. The van der Waals surface area contributed by atoms with Crippen LogP contribution in [-0.4, -0.2) is 65.3 Å². The predicted molar refractivity (Wildman–Crippen MR) is 173 cm³/mol. The lowest BCUT2D eigenvalue weighted by Crippen LogP contribution is -2.55. The van der Waals surface area contributed by atoms with Crippen molar-refractivity contribution >= 4 is 46.3 Å². The Morgan fingerprint density at radius 2 is 1.44 bits per heavy atom. The zero-order valence-electron chi connectivity index (χ0n) is 28.0. The van der Waals surface area contributed by atoms with Crippen LogP contribution in [0.4, 0.5) is 16.2 Å². The van der Waals surface area contributed by atoms with Crippen LogP contribution in [0.25, 0.3) is 0 Å². The number of imide groups is 1. The molecule has 0 spiro atoms. The van der Waals surface area contributed by atoms with Crippen LogP contribution < -0.4 is 19.5 Å². The number of amides is 3. The van der Waals surface area contributed by atoms with Crippen molar-refractivity contribution in [1.82, 2.24) is 4.90 Å². The van der Waals surface area contributed by atoms with Crippen LogP contribution in [0.5, 0.6) is 11.5 Å². The second kappa shape index (κ2) is 17.5. The molecule has 1 aromatic rings. The number of Topliss-reactive ketones (excluding diaryl/α,β-unsaturated/α-hetero) is 1. The molecule has 1 aromatic carbocycles. The number of cyclic esters (lactones) is 1. The van der Waals surface area contributed by atoms with E-state index in [1.54, 1.807) is 20.8 Å². The van der Waals surface area contributed by atoms with E-state index in [0.717, 1.165) is 19.3 Å². The van der Waals surface area contributed by atoms with Crippen molar-refractivity contribution in [3.63, 3.8) is 0 Å². The van der Waals surface area contributed by atoms with Gasteiger partial charge in [-0.15, -0.1) is 0 Å². The summed E-state index contributed by atoms with van der Waals surface area (Å²) in [6.45, 7) is 10.0. The molecule has 2 N–H and O–H groups in total. The third kappa shape index (κ3) is 11.0. The Morgan fingerprint density at radius 3 is 1.89 bits per heavy atom. The van der Waals surface area contributed by atoms with Crippen LogP contribution in [0, 0.1) is 5.41 Å². The van der Waals surface area contributed by atoms with Crippen molar-refractivity contribution in [3.05, 3.63) is 12.1 Å². The van der Waals surface area contributed by atoms with E-state index < -0.39 is 52.0 Å². The summed E-state index contributed by atoms with van der Waals surface area (Å²) in [7, 11) is 2.71. The molecular weight excluding hydrogens is 602 g/mol. The second-order valence-corrected chi connectivity index (χ2v) is 13.6. The van der Waals surface area contributed by atoms with Gasteiger partial charge in [-0.2, -0.15) is 0 Å².